The normalized spacial score (nSPS) is 12.5. The monoisotopic (exact) mass is 324 g/mol. The molecule has 0 aromatic heterocycles. The number of aliphatic hydroxyl groups excluding tert-OH is 1. The van der Waals surface area contributed by atoms with Gasteiger partial charge in [-0.05, 0) is 48.2 Å². The minimum atomic E-state index is -0.643. The Morgan fingerprint density at radius 2 is 1.78 bits per heavy atom. The van der Waals surface area contributed by atoms with E-state index < -0.39 is 6.10 Å². The quantitative estimate of drug-likeness (QED) is 0.841. The van der Waals surface area contributed by atoms with Gasteiger partial charge in [-0.15, -0.1) is 0 Å². The first-order valence-corrected chi connectivity index (χ1v) is 6.86. The molecule has 0 spiro atoms. The fourth-order valence-corrected chi connectivity index (χ4v) is 2.74. The van der Waals surface area contributed by atoms with Crippen molar-refractivity contribution in [2.75, 3.05) is 0 Å². The molecule has 1 nitrogen and oxygen atoms in total. The Labute approximate surface area is 121 Å². The maximum atomic E-state index is 10.4. The third-order valence-corrected chi connectivity index (χ3v) is 4.03. The predicted octanol–water partition coefficient (Wildman–Crippen LogP) is 4.80. The zero-order chi connectivity index (χ0) is 13.3. The Kier molecular flexibility index (Phi) is 4.10. The zero-order valence-corrected chi connectivity index (χ0v) is 12.6. The molecule has 0 heterocycles. The Bertz CT molecular complexity index is 581. The van der Waals surface area contributed by atoms with E-state index in [9.17, 15) is 5.11 Å². The van der Waals surface area contributed by atoms with Crippen molar-refractivity contribution in [2.24, 2.45) is 0 Å². The Hall–Kier alpha value is -0.830. The van der Waals surface area contributed by atoms with E-state index in [1.165, 1.54) is 11.1 Å². The smallest absolute Gasteiger partial charge is 0.105 e. The topological polar surface area (TPSA) is 20.2 Å². The molecular weight excluding hydrogens is 312 g/mol. The van der Waals surface area contributed by atoms with Crippen molar-refractivity contribution in [2.45, 2.75) is 20.0 Å². The second kappa shape index (κ2) is 5.43. The van der Waals surface area contributed by atoms with Crippen molar-refractivity contribution in [3.05, 3.63) is 68.1 Å². The summed E-state index contributed by atoms with van der Waals surface area (Å²) < 4.78 is 0.820. The van der Waals surface area contributed by atoms with Gasteiger partial charge in [0.1, 0.15) is 6.10 Å². The molecule has 0 saturated heterocycles. The molecule has 0 bridgehead atoms. The summed E-state index contributed by atoms with van der Waals surface area (Å²) in [4.78, 5) is 0. The van der Waals surface area contributed by atoms with Crippen molar-refractivity contribution >= 4 is 27.5 Å². The van der Waals surface area contributed by atoms with Gasteiger partial charge in [0.25, 0.3) is 0 Å². The van der Waals surface area contributed by atoms with Crippen molar-refractivity contribution in [1.29, 1.82) is 0 Å². The first-order valence-electron chi connectivity index (χ1n) is 5.69. The molecule has 0 amide bonds. The fourth-order valence-electron chi connectivity index (χ4n) is 1.84. The summed E-state index contributed by atoms with van der Waals surface area (Å²) in [5, 5.41) is 11.1. The van der Waals surface area contributed by atoms with Crippen molar-refractivity contribution in [3.8, 4) is 0 Å². The summed E-state index contributed by atoms with van der Waals surface area (Å²) in [6.45, 7) is 4.10. The van der Waals surface area contributed by atoms with Crippen LogP contribution < -0.4 is 0 Å². The fraction of sp³-hybridized carbons (Fsp3) is 0.200. The lowest BCUT2D eigenvalue weighted by Gasteiger charge is -2.15. The lowest BCUT2D eigenvalue weighted by atomic mass is 9.98. The van der Waals surface area contributed by atoms with Crippen LogP contribution >= 0.6 is 27.5 Å². The highest BCUT2D eigenvalue weighted by Gasteiger charge is 2.14. The van der Waals surface area contributed by atoms with Crippen LogP contribution in [0.4, 0.5) is 0 Å². The first kappa shape index (κ1) is 13.6. The number of aliphatic hydroxyl groups is 1. The largest absolute Gasteiger partial charge is 0.384 e. The number of halogens is 2. The van der Waals surface area contributed by atoms with Crippen molar-refractivity contribution in [1.82, 2.24) is 0 Å². The highest BCUT2D eigenvalue weighted by atomic mass is 79.9. The summed E-state index contributed by atoms with van der Waals surface area (Å²) in [7, 11) is 0. The number of aryl methyl sites for hydroxylation is 2. The van der Waals surface area contributed by atoms with Gasteiger partial charge in [0, 0.05) is 9.50 Å². The molecule has 3 heteroatoms. The van der Waals surface area contributed by atoms with E-state index in [-0.39, 0.29) is 0 Å². The molecule has 2 aromatic rings. The van der Waals surface area contributed by atoms with Crippen molar-refractivity contribution in [3.63, 3.8) is 0 Å². The minimum absolute atomic E-state index is 0.643. The highest BCUT2D eigenvalue weighted by Crippen LogP contribution is 2.31. The minimum Gasteiger partial charge on any atom is -0.384 e. The first-order chi connectivity index (χ1) is 8.49. The molecule has 0 aliphatic rings. The number of rotatable bonds is 2. The van der Waals surface area contributed by atoms with Crippen LogP contribution in [0, 0.1) is 13.8 Å². The van der Waals surface area contributed by atoms with Crippen LogP contribution in [0.25, 0.3) is 0 Å². The number of benzene rings is 2. The predicted molar refractivity (Wildman–Crippen MR) is 79.1 cm³/mol. The van der Waals surface area contributed by atoms with Gasteiger partial charge in [0.05, 0.1) is 0 Å². The summed E-state index contributed by atoms with van der Waals surface area (Å²) in [5.41, 5.74) is 4.11. The summed E-state index contributed by atoms with van der Waals surface area (Å²) in [5.74, 6) is 0. The molecule has 1 atom stereocenters. The van der Waals surface area contributed by atoms with Gasteiger partial charge in [-0.25, -0.2) is 0 Å². The van der Waals surface area contributed by atoms with E-state index in [4.69, 9.17) is 11.6 Å². The Balaban J connectivity index is 2.41. The van der Waals surface area contributed by atoms with Crippen LogP contribution in [-0.2, 0) is 0 Å². The lowest BCUT2D eigenvalue weighted by molar-refractivity contribution is 0.219. The van der Waals surface area contributed by atoms with Gasteiger partial charge in [-0.3, -0.25) is 0 Å². The van der Waals surface area contributed by atoms with Gasteiger partial charge in [0.15, 0.2) is 0 Å². The van der Waals surface area contributed by atoms with Crippen LogP contribution in [0.2, 0.25) is 5.02 Å². The summed E-state index contributed by atoms with van der Waals surface area (Å²) >= 11 is 9.34. The average Bonchev–Trinajstić information content (AvgIpc) is 2.32. The Morgan fingerprint density at radius 3 is 2.39 bits per heavy atom. The molecule has 1 N–H and O–H groups in total. The van der Waals surface area contributed by atoms with Crippen molar-refractivity contribution < 1.29 is 5.11 Å². The molecule has 0 aliphatic carbocycles. The third-order valence-electron chi connectivity index (χ3n) is 3.10. The summed E-state index contributed by atoms with van der Waals surface area (Å²) in [6, 6.07) is 11.4. The van der Waals surface area contributed by atoms with Gasteiger partial charge >= 0.3 is 0 Å². The van der Waals surface area contributed by atoms with E-state index in [2.05, 4.69) is 22.9 Å². The molecule has 0 fully saturated rings. The maximum Gasteiger partial charge on any atom is 0.105 e. The number of hydrogen-bond donors (Lipinski definition) is 1. The second-order valence-electron chi connectivity index (χ2n) is 4.41. The van der Waals surface area contributed by atoms with Gasteiger partial charge < -0.3 is 5.11 Å². The molecule has 94 valence electrons. The van der Waals surface area contributed by atoms with Crippen LogP contribution in [0.3, 0.4) is 0 Å². The zero-order valence-electron chi connectivity index (χ0n) is 10.2. The molecule has 0 radical (unpaired) electrons. The second-order valence-corrected chi connectivity index (χ2v) is 5.70. The molecule has 2 aromatic carbocycles. The molecule has 0 saturated carbocycles. The van der Waals surface area contributed by atoms with E-state index in [1.54, 1.807) is 12.1 Å². The highest BCUT2D eigenvalue weighted by molar-refractivity contribution is 9.10. The molecular formula is C15H14BrClO. The molecule has 2 rings (SSSR count). The molecule has 0 aliphatic heterocycles. The van der Waals surface area contributed by atoms with Gasteiger partial charge in [0.2, 0.25) is 0 Å². The van der Waals surface area contributed by atoms with E-state index in [0.717, 1.165) is 15.6 Å². The van der Waals surface area contributed by atoms with E-state index in [1.807, 2.05) is 31.2 Å². The van der Waals surface area contributed by atoms with E-state index in [0.29, 0.717) is 5.02 Å². The maximum absolute atomic E-state index is 10.4. The average molecular weight is 326 g/mol. The number of hydrogen-bond acceptors (Lipinski definition) is 1. The van der Waals surface area contributed by atoms with E-state index >= 15 is 0 Å². The SMILES string of the molecule is Cc1ccc(C(O)c2ccc(Cl)cc2Br)cc1C. The standard InChI is InChI=1S/C15H14BrClO/c1-9-3-4-11(7-10(9)2)15(18)13-6-5-12(17)8-14(13)16/h3-8,15,18H,1-2H3. The van der Waals surface area contributed by atoms with Gasteiger partial charge in [-0.2, -0.15) is 0 Å². The molecule has 1 unspecified atom stereocenters. The molecule has 18 heavy (non-hydrogen) atoms. The van der Waals surface area contributed by atoms with Crippen LogP contribution in [-0.4, -0.2) is 5.11 Å². The third kappa shape index (κ3) is 2.77. The van der Waals surface area contributed by atoms with Crippen LogP contribution in [0.1, 0.15) is 28.4 Å². The Morgan fingerprint density at radius 1 is 1.06 bits per heavy atom. The summed E-state index contributed by atoms with van der Waals surface area (Å²) in [6.07, 6.45) is -0.643. The van der Waals surface area contributed by atoms with Crippen LogP contribution in [0.5, 0.6) is 0 Å². The van der Waals surface area contributed by atoms with Crippen LogP contribution in [0.15, 0.2) is 40.9 Å². The van der Waals surface area contributed by atoms with Gasteiger partial charge in [-0.1, -0.05) is 51.8 Å². The lowest BCUT2D eigenvalue weighted by Crippen LogP contribution is -2.01.